The predicted molar refractivity (Wildman–Crippen MR) is 150 cm³/mol. The molecule has 5 aromatic rings. The number of halogens is 2. The lowest BCUT2D eigenvalue weighted by Gasteiger charge is -2.06. The summed E-state index contributed by atoms with van der Waals surface area (Å²) in [4.78, 5) is 17.3. The summed E-state index contributed by atoms with van der Waals surface area (Å²) >= 11 is 12.6. The summed E-state index contributed by atoms with van der Waals surface area (Å²) in [7, 11) is 0. The van der Waals surface area contributed by atoms with Crippen molar-refractivity contribution in [1.82, 2.24) is 4.98 Å². The van der Waals surface area contributed by atoms with Crippen molar-refractivity contribution in [3.8, 4) is 22.8 Å². The van der Waals surface area contributed by atoms with Crippen molar-refractivity contribution >= 4 is 52.0 Å². The van der Waals surface area contributed by atoms with Crippen LogP contribution in [0, 0.1) is 6.92 Å². The van der Waals surface area contributed by atoms with Gasteiger partial charge in [0.05, 0.1) is 10.7 Å². The molecule has 5 rings (SSSR count). The Morgan fingerprint density at radius 3 is 2.51 bits per heavy atom. The zero-order chi connectivity index (χ0) is 26.1. The zero-order valence-electron chi connectivity index (χ0n) is 20.5. The van der Waals surface area contributed by atoms with Gasteiger partial charge in [-0.3, -0.25) is 4.79 Å². The minimum absolute atomic E-state index is 0.352. The average Bonchev–Trinajstić information content (AvgIpc) is 3.52. The smallest absolute Gasteiger partial charge is 0.248 e. The van der Waals surface area contributed by atoms with Gasteiger partial charge in [-0.2, -0.15) is 0 Å². The monoisotopic (exact) mass is 530 g/mol. The molecule has 0 aliphatic carbocycles. The minimum Gasteiger partial charge on any atom is -0.457 e. The molecule has 5 nitrogen and oxygen atoms in total. The molecule has 0 radical (unpaired) electrons. The number of carbonyl (C=O) groups excluding carboxylic acids is 1. The third-order valence-corrected chi connectivity index (χ3v) is 6.77. The number of nitrogens with one attached hydrogen (secondary N) is 1. The maximum atomic E-state index is 12.6. The first-order chi connectivity index (χ1) is 17.8. The number of hydrogen-bond donors (Lipinski definition) is 1. The lowest BCUT2D eigenvalue weighted by atomic mass is 10.0. The molecule has 37 heavy (non-hydrogen) atoms. The molecule has 186 valence electrons. The van der Waals surface area contributed by atoms with Gasteiger partial charge in [-0.05, 0) is 78.6 Å². The number of aryl methyl sites for hydroxylation is 1. The molecule has 0 aliphatic rings. The highest BCUT2D eigenvalue weighted by Crippen LogP contribution is 2.32. The van der Waals surface area contributed by atoms with Crippen LogP contribution in [0.5, 0.6) is 0 Å². The van der Waals surface area contributed by atoms with Gasteiger partial charge in [0.25, 0.3) is 0 Å². The van der Waals surface area contributed by atoms with Crippen molar-refractivity contribution in [1.29, 1.82) is 0 Å². The highest BCUT2D eigenvalue weighted by molar-refractivity contribution is 6.34. The third kappa shape index (κ3) is 5.48. The van der Waals surface area contributed by atoms with E-state index in [4.69, 9.17) is 32.0 Å². The average molecular weight is 531 g/mol. The van der Waals surface area contributed by atoms with Crippen LogP contribution < -0.4 is 5.32 Å². The number of anilines is 1. The van der Waals surface area contributed by atoms with E-state index in [0.717, 1.165) is 16.6 Å². The minimum atomic E-state index is -0.352. The third-order valence-electron chi connectivity index (χ3n) is 6.03. The highest BCUT2D eigenvalue weighted by atomic mass is 35.5. The molecular weight excluding hydrogens is 507 g/mol. The molecule has 0 saturated heterocycles. The molecule has 0 bridgehead atoms. The second-order valence-electron chi connectivity index (χ2n) is 9.08. The number of furan rings is 1. The second kappa shape index (κ2) is 10.3. The molecule has 0 aliphatic heterocycles. The predicted octanol–water partition coefficient (Wildman–Crippen LogP) is 9.15. The molecular formula is C30H24Cl2N2O3. The van der Waals surface area contributed by atoms with E-state index < -0.39 is 0 Å². The van der Waals surface area contributed by atoms with Gasteiger partial charge >= 0.3 is 0 Å². The van der Waals surface area contributed by atoms with E-state index in [0.29, 0.717) is 50.2 Å². The van der Waals surface area contributed by atoms with Crippen LogP contribution in [0.15, 0.2) is 81.6 Å². The summed E-state index contributed by atoms with van der Waals surface area (Å²) < 4.78 is 11.8. The summed E-state index contributed by atoms with van der Waals surface area (Å²) in [6, 6.07) is 20.6. The van der Waals surface area contributed by atoms with Crippen LogP contribution >= 0.6 is 23.2 Å². The SMILES string of the molecule is Cc1ccc(-c2ccc(/C=C/C(=O)Nc3cc(-c4nc5cc(C(C)C)ccc5o4)ccc3Cl)o2)cc1Cl. The van der Waals surface area contributed by atoms with E-state index in [1.165, 1.54) is 11.6 Å². The van der Waals surface area contributed by atoms with Gasteiger partial charge in [-0.15, -0.1) is 0 Å². The van der Waals surface area contributed by atoms with Crippen LogP contribution in [0.25, 0.3) is 40.0 Å². The van der Waals surface area contributed by atoms with E-state index in [-0.39, 0.29) is 5.91 Å². The number of hydrogen-bond acceptors (Lipinski definition) is 4. The Hall–Kier alpha value is -3.80. The van der Waals surface area contributed by atoms with Crippen LogP contribution in [-0.2, 0) is 4.79 Å². The van der Waals surface area contributed by atoms with E-state index in [2.05, 4.69) is 24.1 Å². The zero-order valence-corrected chi connectivity index (χ0v) is 22.0. The van der Waals surface area contributed by atoms with Crippen LogP contribution in [0.3, 0.4) is 0 Å². The number of fused-ring (bicyclic) bond motifs is 1. The van der Waals surface area contributed by atoms with Gasteiger partial charge in [-0.1, -0.05) is 55.2 Å². The first-order valence-electron chi connectivity index (χ1n) is 11.8. The fourth-order valence-corrected chi connectivity index (χ4v) is 4.20. The van der Waals surface area contributed by atoms with E-state index >= 15 is 0 Å². The summed E-state index contributed by atoms with van der Waals surface area (Å²) in [5.41, 5.74) is 5.70. The molecule has 1 amide bonds. The van der Waals surface area contributed by atoms with Crippen molar-refractivity contribution in [2.75, 3.05) is 5.32 Å². The van der Waals surface area contributed by atoms with Crippen LogP contribution in [-0.4, -0.2) is 10.9 Å². The molecule has 0 unspecified atom stereocenters. The van der Waals surface area contributed by atoms with Crippen LogP contribution in [0.1, 0.15) is 36.7 Å². The number of oxazole rings is 1. The fraction of sp³-hybridized carbons (Fsp3) is 0.133. The molecule has 2 aromatic heterocycles. The summed E-state index contributed by atoms with van der Waals surface area (Å²) in [6.07, 6.45) is 2.99. The van der Waals surface area contributed by atoms with Gasteiger partial charge in [0.1, 0.15) is 17.0 Å². The maximum Gasteiger partial charge on any atom is 0.248 e. The Balaban J connectivity index is 1.31. The standard InChI is InChI=1S/C30H24Cl2N2O3/c1-17(2)19-7-11-28-26(15-19)34-30(37-28)21-6-10-23(31)25(16-21)33-29(35)13-9-22-8-12-27(36-22)20-5-4-18(3)24(32)14-20/h4-17H,1-3H3,(H,33,35)/b13-9+. The van der Waals surface area contributed by atoms with E-state index in [1.54, 1.807) is 24.3 Å². The van der Waals surface area contributed by atoms with Gasteiger partial charge in [-0.25, -0.2) is 4.98 Å². The van der Waals surface area contributed by atoms with Crippen LogP contribution in [0.2, 0.25) is 10.0 Å². The Kier molecular flexibility index (Phi) is 6.92. The Labute approximate surface area is 224 Å². The van der Waals surface area contributed by atoms with Gasteiger partial charge < -0.3 is 14.2 Å². The van der Waals surface area contributed by atoms with Crippen molar-refractivity contribution in [3.63, 3.8) is 0 Å². The van der Waals surface area contributed by atoms with Gasteiger partial charge in [0, 0.05) is 22.2 Å². The molecule has 7 heteroatoms. The molecule has 2 heterocycles. The summed E-state index contributed by atoms with van der Waals surface area (Å²) in [5.74, 6) is 1.70. The summed E-state index contributed by atoms with van der Waals surface area (Å²) in [5, 5.41) is 3.89. The number of benzene rings is 3. The molecule has 0 fully saturated rings. The van der Waals surface area contributed by atoms with Crippen molar-refractivity contribution in [2.24, 2.45) is 0 Å². The first kappa shape index (κ1) is 24.9. The molecule has 3 aromatic carbocycles. The van der Waals surface area contributed by atoms with E-state index in [9.17, 15) is 4.79 Å². The lowest BCUT2D eigenvalue weighted by molar-refractivity contribution is -0.111. The number of aromatic nitrogens is 1. The number of rotatable bonds is 6. The van der Waals surface area contributed by atoms with Crippen molar-refractivity contribution in [2.45, 2.75) is 26.7 Å². The van der Waals surface area contributed by atoms with Crippen LogP contribution in [0.4, 0.5) is 5.69 Å². The first-order valence-corrected chi connectivity index (χ1v) is 12.6. The molecule has 0 atom stereocenters. The number of amides is 1. The van der Waals surface area contributed by atoms with E-state index in [1.807, 2.05) is 55.5 Å². The van der Waals surface area contributed by atoms with Gasteiger partial charge in [0.15, 0.2) is 5.58 Å². The Morgan fingerprint density at radius 1 is 0.919 bits per heavy atom. The second-order valence-corrected chi connectivity index (χ2v) is 9.90. The summed E-state index contributed by atoms with van der Waals surface area (Å²) in [6.45, 7) is 6.21. The lowest BCUT2D eigenvalue weighted by Crippen LogP contribution is -2.08. The number of nitrogens with zero attached hydrogens (tertiary/aromatic N) is 1. The number of carbonyl (C=O) groups is 1. The fourth-order valence-electron chi connectivity index (χ4n) is 3.86. The Morgan fingerprint density at radius 2 is 1.73 bits per heavy atom. The Bertz CT molecular complexity index is 1650. The maximum absolute atomic E-state index is 12.6. The molecule has 1 N–H and O–H groups in total. The molecule has 0 saturated carbocycles. The van der Waals surface area contributed by atoms with Crippen molar-refractivity contribution < 1.29 is 13.6 Å². The van der Waals surface area contributed by atoms with Crippen molar-refractivity contribution in [3.05, 3.63) is 99.7 Å². The molecule has 0 spiro atoms. The van der Waals surface area contributed by atoms with Gasteiger partial charge in [0.2, 0.25) is 11.8 Å². The topological polar surface area (TPSA) is 68.3 Å². The largest absolute Gasteiger partial charge is 0.457 e. The highest BCUT2D eigenvalue weighted by Gasteiger charge is 2.13. The quantitative estimate of drug-likeness (QED) is 0.222. The normalized spacial score (nSPS) is 11.6.